The lowest BCUT2D eigenvalue weighted by molar-refractivity contribution is -0.126. The van der Waals surface area contributed by atoms with Crippen molar-refractivity contribution in [1.29, 1.82) is 0 Å². The number of primary amides is 1. The lowest BCUT2D eigenvalue weighted by Crippen LogP contribution is -2.62. The van der Waals surface area contributed by atoms with Crippen LogP contribution in [0.3, 0.4) is 0 Å². The monoisotopic (exact) mass is 257 g/mol. The number of morpholine rings is 1. The maximum atomic E-state index is 11.7. The Morgan fingerprint density at radius 3 is 2.78 bits per heavy atom. The van der Waals surface area contributed by atoms with Crippen molar-refractivity contribution in [2.24, 2.45) is 5.73 Å². The van der Waals surface area contributed by atoms with E-state index in [9.17, 15) is 4.79 Å². The van der Waals surface area contributed by atoms with Crippen LogP contribution in [0.4, 0.5) is 0 Å². The Bertz CT molecular complexity index is 285. The third-order valence-electron chi connectivity index (χ3n) is 3.57. The summed E-state index contributed by atoms with van der Waals surface area (Å²) in [6.07, 6.45) is 1.20. The van der Waals surface area contributed by atoms with E-state index in [4.69, 9.17) is 10.5 Å². The number of carbonyl (C=O) groups excluding carboxylic acids is 1. The summed E-state index contributed by atoms with van der Waals surface area (Å²) in [5, 5.41) is 3.27. The topological polar surface area (TPSA) is 67.6 Å². The van der Waals surface area contributed by atoms with E-state index in [1.807, 2.05) is 6.92 Å². The van der Waals surface area contributed by atoms with Gasteiger partial charge in [-0.3, -0.25) is 9.69 Å². The third-order valence-corrected chi connectivity index (χ3v) is 3.57. The van der Waals surface area contributed by atoms with E-state index in [-0.39, 0.29) is 12.0 Å². The van der Waals surface area contributed by atoms with Gasteiger partial charge in [0.2, 0.25) is 5.91 Å². The van der Waals surface area contributed by atoms with Crippen LogP contribution in [0.2, 0.25) is 0 Å². The van der Waals surface area contributed by atoms with E-state index in [1.165, 1.54) is 0 Å². The summed E-state index contributed by atoms with van der Waals surface area (Å²) < 4.78 is 5.60. The fourth-order valence-corrected chi connectivity index (χ4v) is 2.22. The number of hydrogen-bond donors (Lipinski definition) is 2. The van der Waals surface area contributed by atoms with Gasteiger partial charge >= 0.3 is 0 Å². The number of carbonyl (C=O) groups is 1. The number of nitrogens with zero attached hydrogens (tertiary/aromatic N) is 1. The van der Waals surface area contributed by atoms with Crippen molar-refractivity contribution in [3.8, 4) is 0 Å². The van der Waals surface area contributed by atoms with Gasteiger partial charge in [-0.1, -0.05) is 6.92 Å². The van der Waals surface area contributed by atoms with Crippen molar-refractivity contribution >= 4 is 5.91 Å². The Morgan fingerprint density at radius 1 is 1.56 bits per heavy atom. The van der Waals surface area contributed by atoms with Crippen molar-refractivity contribution in [3.63, 3.8) is 0 Å². The van der Waals surface area contributed by atoms with Crippen molar-refractivity contribution in [3.05, 3.63) is 0 Å². The maximum Gasteiger partial charge on any atom is 0.238 e. The van der Waals surface area contributed by atoms with Crippen LogP contribution in [0.15, 0.2) is 0 Å². The first-order valence-corrected chi connectivity index (χ1v) is 6.79. The Kier molecular flexibility index (Phi) is 5.56. The quantitative estimate of drug-likeness (QED) is 0.720. The van der Waals surface area contributed by atoms with Crippen LogP contribution in [0.5, 0.6) is 0 Å². The minimum Gasteiger partial charge on any atom is -0.376 e. The molecule has 1 fully saturated rings. The average Bonchev–Trinajstić information content (AvgIpc) is 2.31. The summed E-state index contributed by atoms with van der Waals surface area (Å²) >= 11 is 0. The predicted octanol–water partition coefficient (Wildman–Crippen LogP) is 0.339. The molecule has 3 N–H and O–H groups in total. The normalized spacial score (nSPS) is 28.9. The molecule has 0 bridgehead atoms. The molecule has 5 heteroatoms. The zero-order chi connectivity index (χ0) is 13.8. The van der Waals surface area contributed by atoms with Gasteiger partial charge in [-0.15, -0.1) is 0 Å². The SMILES string of the molecule is CCCNC(C)(CN1CC(C)OCC1C)C(N)=O. The van der Waals surface area contributed by atoms with E-state index >= 15 is 0 Å². The van der Waals surface area contributed by atoms with Crippen molar-refractivity contribution in [2.75, 3.05) is 26.2 Å². The van der Waals surface area contributed by atoms with Crippen molar-refractivity contribution < 1.29 is 9.53 Å². The van der Waals surface area contributed by atoms with E-state index in [1.54, 1.807) is 0 Å². The fraction of sp³-hybridized carbons (Fsp3) is 0.923. The summed E-state index contributed by atoms with van der Waals surface area (Å²) in [7, 11) is 0. The highest BCUT2D eigenvalue weighted by molar-refractivity contribution is 5.84. The lowest BCUT2D eigenvalue weighted by Gasteiger charge is -2.41. The van der Waals surface area contributed by atoms with Crippen LogP contribution >= 0.6 is 0 Å². The number of amides is 1. The number of rotatable bonds is 6. The molecular weight excluding hydrogens is 230 g/mol. The first kappa shape index (κ1) is 15.4. The van der Waals surface area contributed by atoms with E-state index in [0.717, 1.165) is 19.5 Å². The van der Waals surface area contributed by atoms with Crippen molar-refractivity contribution in [2.45, 2.75) is 51.8 Å². The molecule has 1 aliphatic rings. The van der Waals surface area contributed by atoms with E-state index < -0.39 is 5.54 Å². The smallest absolute Gasteiger partial charge is 0.238 e. The summed E-state index contributed by atoms with van der Waals surface area (Å²) in [6.45, 7) is 11.1. The maximum absolute atomic E-state index is 11.7. The lowest BCUT2D eigenvalue weighted by atomic mass is 9.98. The first-order chi connectivity index (χ1) is 8.39. The highest BCUT2D eigenvalue weighted by Crippen LogP contribution is 2.15. The van der Waals surface area contributed by atoms with Gasteiger partial charge in [0.25, 0.3) is 0 Å². The van der Waals surface area contributed by atoms with Crippen LogP contribution in [0.25, 0.3) is 0 Å². The molecule has 1 heterocycles. The van der Waals surface area contributed by atoms with Crippen LogP contribution in [-0.4, -0.2) is 54.7 Å². The molecule has 5 nitrogen and oxygen atoms in total. The molecular formula is C13H27N3O2. The summed E-state index contributed by atoms with van der Waals surface area (Å²) in [5.41, 5.74) is 4.88. The summed E-state index contributed by atoms with van der Waals surface area (Å²) in [4.78, 5) is 14.0. The molecule has 0 aliphatic carbocycles. The van der Waals surface area contributed by atoms with Crippen LogP contribution in [0.1, 0.15) is 34.1 Å². The second kappa shape index (κ2) is 6.50. The van der Waals surface area contributed by atoms with Crippen LogP contribution in [0, 0.1) is 0 Å². The molecule has 0 radical (unpaired) electrons. The number of nitrogens with two attached hydrogens (primary N) is 1. The molecule has 18 heavy (non-hydrogen) atoms. The molecule has 1 amide bonds. The highest BCUT2D eigenvalue weighted by atomic mass is 16.5. The van der Waals surface area contributed by atoms with Gasteiger partial charge < -0.3 is 15.8 Å². The molecule has 1 saturated heterocycles. The molecule has 0 aromatic carbocycles. The number of nitrogens with one attached hydrogen (secondary N) is 1. The van der Waals surface area contributed by atoms with Crippen molar-refractivity contribution in [1.82, 2.24) is 10.2 Å². The zero-order valence-electron chi connectivity index (χ0n) is 12.0. The van der Waals surface area contributed by atoms with Gasteiger partial charge in [0, 0.05) is 19.1 Å². The Hall–Kier alpha value is -0.650. The van der Waals surface area contributed by atoms with Gasteiger partial charge in [-0.25, -0.2) is 0 Å². The van der Waals surface area contributed by atoms with Gasteiger partial charge in [-0.2, -0.15) is 0 Å². The molecule has 0 aromatic heterocycles. The molecule has 1 aliphatic heterocycles. The first-order valence-electron chi connectivity index (χ1n) is 6.79. The number of ether oxygens (including phenoxy) is 1. The van der Waals surface area contributed by atoms with E-state index in [2.05, 4.69) is 31.0 Å². The molecule has 3 atom stereocenters. The van der Waals surface area contributed by atoms with Crippen LogP contribution < -0.4 is 11.1 Å². The Labute approximate surface area is 110 Å². The zero-order valence-corrected chi connectivity index (χ0v) is 12.0. The molecule has 0 aromatic rings. The van der Waals surface area contributed by atoms with Gasteiger partial charge in [-0.05, 0) is 33.7 Å². The molecule has 0 spiro atoms. The Balaban J connectivity index is 2.67. The standard InChI is InChI=1S/C13H27N3O2/c1-5-6-15-13(4,12(14)17)9-16-7-11(3)18-8-10(16)2/h10-11,15H,5-9H2,1-4H3,(H2,14,17). The number of hydrogen-bond acceptors (Lipinski definition) is 4. The highest BCUT2D eigenvalue weighted by Gasteiger charge is 2.35. The fourth-order valence-electron chi connectivity index (χ4n) is 2.22. The summed E-state index contributed by atoms with van der Waals surface area (Å²) in [5.74, 6) is -0.290. The molecule has 0 saturated carbocycles. The average molecular weight is 257 g/mol. The predicted molar refractivity (Wildman–Crippen MR) is 72.3 cm³/mol. The largest absolute Gasteiger partial charge is 0.376 e. The second-order valence-corrected chi connectivity index (χ2v) is 5.55. The van der Waals surface area contributed by atoms with Gasteiger partial charge in [0.1, 0.15) is 5.54 Å². The molecule has 3 unspecified atom stereocenters. The third kappa shape index (κ3) is 3.93. The Morgan fingerprint density at radius 2 is 2.22 bits per heavy atom. The van der Waals surface area contributed by atoms with Gasteiger partial charge in [0.15, 0.2) is 0 Å². The minimum atomic E-state index is -0.665. The summed E-state index contributed by atoms with van der Waals surface area (Å²) in [6, 6.07) is 0.323. The molecule has 1 rings (SSSR count). The van der Waals surface area contributed by atoms with Crippen LogP contribution in [-0.2, 0) is 9.53 Å². The van der Waals surface area contributed by atoms with E-state index in [0.29, 0.717) is 19.2 Å². The minimum absolute atomic E-state index is 0.213. The second-order valence-electron chi connectivity index (χ2n) is 5.55. The van der Waals surface area contributed by atoms with Gasteiger partial charge in [0.05, 0.1) is 12.7 Å². The molecule has 106 valence electrons.